The average molecular weight is 398 g/mol. The van der Waals surface area contributed by atoms with Gasteiger partial charge in [0.15, 0.2) is 17.8 Å². The largest absolute Gasteiger partial charge is 0.508 e. The maximum Gasteiger partial charge on any atom is 0.168 e. The molecule has 1 fully saturated rings. The first-order valence-corrected chi connectivity index (χ1v) is 8.98. The summed E-state index contributed by atoms with van der Waals surface area (Å²) in [6.07, 6.45) is -0.686. The molecule has 0 bridgehead atoms. The van der Waals surface area contributed by atoms with Crippen molar-refractivity contribution in [3.63, 3.8) is 0 Å². The quantitative estimate of drug-likeness (QED) is 0.758. The summed E-state index contributed by atoms with van der Waals surface area (Å²) in [5, 5.41) is 20.8. The molecule has 2 aromatic carbocycles. The summed E-state index contributed by atoms with van der Waals surface area (Å²) in [4.78, 5) is 4.49. The number of nitrogens with one attached hydrogen (secondary N) is 1. The zero-order valence-electron chi connectivity index (χ0n) is 15.7. The van der Waals surface area contributed by atoms with Crippen LogP contribution < -0.4 is 5.43 Å². The number of phenols is 1. The number of hydrogen-bond acceptors (Lipinski definition) is 5. The van der Waals surface area contributed by atoms with Crippen molar-refractivity contribution in [1.29, 1.82) is 5.26 Å². The SMILES string of the molecule is CC1=C(c2ccc(O)cc2)N2NCC(C#N)C2N=C1c1cc(F)c(C)c(F)c1F. The van der Waals surface area contributed by atoms with Gasteiger partial charge in [-0.1, -0.05) is 0 Å². The van der Waals surface area contributed by atoms with Crippen LogP contribution in [0.4, 0.5) is 13.2 Å². The second kappa shape index (κ2) is 6.94. The van der Waals surface area contributed by atoms with Crippen molar-refractivity contribution in [1.82, 2.24) is 10.4 Å². The highest BCUT2D eigenvalue weighted by molar-refractivity contribution is 6.17. The van der Waals surface area contributed by atoms with Crippen molar-refractivity contribution in [2.24, 2.45) is 10.9 Å². The van der Waals surface area contributed by atoms with Gasteiger partial charge in [0.2, 0.25) is 0 Å². The summed E-state index contributed by atoms with van der Waals surface area (Å²) >= 11 is 0. The van der Waals surface area contributed by atoms with E-state index >= 15 is 0 Å². The fourth-order valence-electron chi connectivity index (χ4n) is 3.67. The minimum Gasteiger partial charge on any atom is -0.508 e. The van der Waals surface area contributed by atoms with E-state index in [1.807, 2.05) is 0 Å². The molecule has 0 spiro atoms. The van der Waals surface area contributed by atoms with E-state index < -0.39 is 35.1 Å². The van der Waals surface area contributed by atoms with Gasteiger partial charge < -0.3 is 5.11 Å². The van der Waals surface area contributed by atoms with Gasteiger partial charge in [-0.3, -0.25) is 10.0 Å². The Morgan fingerprint density at radius 2 is 1.86 bits per heavy atom. The molecule has 5 nitrogen and oxygen atoms in total. The van der Waals surface area contributed by atoms with Gasteiger partial charge in [0.1, 0.15) is 17.5 Å². The molecule has 2 aliphatic rings. The van der Waals surface area contributed by atoms with Crippen molar-refractivity contribution in [3.05, 3.63) is 70.0 Å². The van der Waals surface area contributed by atoms with Gasteiger partial charge >= 0.3 is 0 Å². The Hall–Kier alpha value is -3.31. The van der Waals surface area contributed by atoms with Crippen LogP contribution in [0.25, 0.3) is 5.70 Å². The third-order valence-electron chi connectivity index (χ3n) is 5.27. The fourth-order valence-corrected chi connectivity index (χ4v) is 3.67. The Bertz CT molecular complexity index is 1100. The molecule has 2 unspecified atom stereocenters. The topological polar surface area (TPSA) is 71.7 Å². The Morgan fingerprint density at radius 3 is 2.52 bits per heavy atom. The van der Waals surface area contributed by atoms with E-state index in [9.17, 15) is 23.5 Å². The maximum absolute atomic E-state index is 14.7. The molecule has 0 amide bonds. The lowest BCUT2D eigenvalue weighted by molar-refractivity contribution is 0.286. The summed E-state index contributed by atoms with van der Waals surface area (Å²) in [5.74, 6) is -3.77. The van der Waals surface area contributed by atoms with Crippen LogP contribution in [0.15, 0.2) is 40.9 Å². The number of rotatable bonds is 2. The number of nitrogens with zero attached hydrogens (tertiary/aromatic N) is 3. The lowest BCUT2D eigenvalue weighted by Gasteiger charge is -2.34. The molecule has 1 saturated heterocycles. The van der Waals surface area contributed by atoms with Crippen LogP contribution in [0.3, 0.4) is 0 Å². The number of phenolic OH excluding ortho intramolecular Hbond substituents is 1. The van der Waals surface area contributed by atoms with Gasteiger partial charge in [0.25, 0.3) is 0 Å². The van der Waals surface area contributed by atoms with Gasteiger partial charge in [-0.15, -0.1) is 0 Å². The molecule has 0 aromatic heterocycles. The van der Waals surface area contributed by atoms with Crippen LogP contribution in [0.1, 0.15) is 23.6 Å². The predicted octanol–water partition coefficient (Wildman–Crippen LogP) is 3.64. The summed E-state index contributed by atoms with van der Waals surface area (Å²) in [5.41, 5.74) is 4.27. The van der Waals surface area contributed by atoms with E-state index in [1.165, 1.54) is 19.1 Å². The molecule has 2 aliphatic heterocycles. The summed E-state index contributed by atoms with van der Waals surface area (Å²) in [6, 6.07) is 9.43. The molecule has 29 heavy (non-hydrogen) atoms. The molecule has 148 valence electrons. The zero-order valence-corrected chi connectivity index (χ0v) is 15.7. The second-order valence-corrected chi connectivity index (χ2v) is 7.04. The van der Waals surface area contributed by atoms with Crippen LogP contribution in [0.5, 0.6) is 5.75 Å². The molecule has 0 aliphatic carbocycles. The van der Waals surface area contributed by atoms with Crippen molar-refractivity contribution in [3.8, 4) is 11.8 Å². The van der Waals surface area contributed by atoms with E-state index in [0.717, 1.165) is 6.07 Å². The Labute approximate surface area is 165 Å². The first-order valence-electron chi connectivity index (χ1n) is 8.98. The van der Waals surface area contributed by atoms with Crippen molar-refractivity contribution < 1.29 is 18.3 Å². The first kappa shape index (κ1) is 19.0. The highest BCUT2D eigenvalue weighted by Gasteiger charge is 2.40. The summed E-state index contributed by atoms with van der Waals surface area (Å²) in [7, 11) is 0. The summed E-state index contributed by atoms with van der Waals surface area (Å²) in [6.45, 7) is 3.17. The number of hydrogen-bond donors (Lipinski definition) is 2. The number of halogens is 3. The summed E-state index contributed by atoms with van der Waals surface area (Å²) < 4.78 is 43.2. The number of allylic oxidation sites excluding steroid dienone is 1. The Balaban J connectivity index is 1.96. The lowest BCUT2D eigenvalue weighted by atomic mass is 9.93. The van der Waals surface area contributed by atoms with Gasteiger partial charge in [0.05, 0.1) is 17.5 Å². The number of hydrazine groups is 1. The van der Waals surface area contributed by atoms with Gasteiger partial charge in [-0.2, -0.15) is 5.26 Å². The molecule has 0 saturated carbocycles. The smallest absolute Gasteiger partial charge is 0.168 e. The number of fused-ring (bicyclic) bond motifs is 1. The molecule has 2 N–H and O–H groups in total. The molecule has 8 heteroatoms. The second-order valence-electron chi connectivity index (χ2n) is 7.04. The average Bonchev–Trinajstić information content (AvgIpc) is 3.12. The molecular weight excluding hydrogens is 381 g/mol. The van der Waals surface area contributed by atoms with Gasteiger partial charge in [0, 0.05) is 23.2 Å². The Morgan fingerprint density at radius 1 is 1.17 bits per heavy atom. The van der Waals surface area contributed by atoms with Crippen molar-refractivity contribution in [2.45, 2.75) is 20.0 Å². The Kier molecular flexibility index (Phi) is 4.55. The van der Waals surface area contributed by atoms with E-state index in [2.05, 4.69) is 16.5 Å². The molecule has 0 radical (unpaired) electrons. The van der Waals surface area contributed by atoms with E-state index in [-0.39, 0.29) is 17.0 Å². The van der Waals surface area contributed by atoms with Crippen LogP contribution in [0, 0.1) is 41.6 Å². The van der Waals surface area contributed by atoms with Crippen LogP contribution in [-0.4, -0.2) is 28.5 Å². The number of aliphatic imine (C=N–C) groups is 1. The van der Waals surface area contributed by atoms with E-state index in [0.29, 0.717) is 23.4 Å². The molecule has 2 aromatic rings. The minimum absolute atomic E-state index is 0.0752. The maximum atomic E-state index is 14.7. The van der Waals surface area contributed by atoms with Crippen molar-refractivity contribution >= 4 is 11.4 Å². The first-order chi connectivity index (χ1) is 13.8. The minimum atomic E-state index is -1.26. The van der Waals surface area contributed by atoms with Gasteiger partial charge in [-0.25, -0.2) is 18.6 Å². The standard InChI is InChI=1S/C21H17F3N4O/c1-10-16(22)7-15(18(24)17(10)23)19-11(2)20(12-3-5-14(29)6-4-12)28-21(27-19)13(8-25)9-26-28/h3-7,13,21,26,29H,9H2,1-2H3. The highest BCUT2D eigenvalue weighted by Crippen LogP contribution is 2.37. The fraction of sp³-hybridized carbons (Fsp3) is 0.238. The molecule has 4 rings (SSSR count). The zero-order chi connectivity index (χ0) is 20.9. The van der Waals surface area contributed by atoms with E-state index in [4.69, 9.17) is 0 Å². The monoisotopic (exact) mass is 398 g/mol. The number of benzene rings is 2. The lowest BCUT2D eigenvalue weighted by Crippen LogP contribution is -2.40. The van der Waals surface area contributed by atoms with E-state index in [1.54, 1.807) is 24.1 Å². The van der Waals surface area contributed by atoms with Crippen LogP contribution in [-0.2, 0) is 0 Å². The molecular formula is C21H17F3N4O. The molecule has 2 heterocycles. The molecule has 2 atom stereocenters. The normalized spacial score (nSPS) is 21.1. The third kappa shape index (κ3) is 2.95. The van der Waals surface area contributed by atoms with Crippen LogP contribution >= 0.6 is 0 Å². The van der Waals surface area contributed by atoms with Crippen LogP contribution in [0.2, 0.25) is 0 Å². The number of nitriles is 1. The van der Waals surface area contributed by atoms with Crippen molar-refractivity contribution in [2.75, 3.05) is 6.54 Å². The highest BCUT2D eigenvalue weighted by atomic mass is 19.2. The third-order valence-corrected chi connectivity index (χ3v) is 5.27. The predicted molar refractivity (Wildman–Crippen MR) is 101 cm³/mol. The van der Waals surface area contributed by atoms with Gasteiger partial charge in [-0.05, 0) is 49.7 Å². The number of aromatic hydroxyl groups is 1.